The van der Waals surface area contributed by atoms with Gasteiger partial charge in [-0.25, -0.2) is 13.4 Å². The van der Waals surface area contributed by atoms with Crippen LogP contribution in [0.3, 0.4) is 0 Å². The first-order valence-corrected chi connectivity index (χ1v) is 13.4. The van der Waals surface area contributed by atoms with Crippen LogP contribution in [-0.4, -0.2) is 93.8 Å². The molecule has 5 N–H and O–H groups in total. The van der Waals surface area contributed by atoms with Gasteiger partial charge in [0.2, 0.25) is 10.0 Å². The molecule has 39 heavy (non-hydrogen) atoms. The van der Waals surface area contributed by atoms with Gasteiger partial charge < -0.3 is 35.1 Å². The minimum absolute atomic E-state index is 0.0288. The topological polar surface area (TPSA) is 176 Å². The zero-order chi connectivity index (χ0) is 28.3. The number of sulfonamides is 1. The number of carbonyl (C=O) groups is 1. The van der Waals surface area contributed by atoms with Gasteiger partial charge in [-0.3, -0.25) is 10.2 Å². The van der Waals surface area contributed by atoms with Crippen molar-refractivity contribution < 1.29 is 27.4 Å². The van der Waals surface area contributed by atoms with Crippen molar-refractivity contribution in [2.45, 2.75) is 4.90 Å². The number of carbonyl (C=O) groups excluding carboxylic acids is 1. The predicted molar refractivity (Wildman–Crippen MR) is 145 cm³/mol. The Kier molecular flexibility index (Phi) is 8.09. The molecule has 0 saturated carbocycles. The van der Waals surface area contributed by atoms with Gasteiger partial charge in [-0.05, 0) is 25.2 Å². The van der Waals surface area contributed by atoms with E-state index in [4.69, 9.17) is 25.4 Å². The second-order valence-corrected chi connectivity index (χ2v) is 10.7. The number of hydrogen-bond acceptors (Lipinski definition) is 10. The molecule has 0 spiro atoms. The Bertz CT molecular complexity index is 1500. The van der Waals surface area contributed by atoms with E-state index in [1.165, 1.54) is 43.8 Å². The highest BCUT2D eigenvalue weighted by molar-refractivity contribution is 7.89. The lowest BCUT2D eigenvalue weighted by Gasteiger charge is -2.31. The van der Waals surface area contributed by atoms with E-state index in [9.17, 15) is 13.2 Å². The highest BCUT2D eigenvalue weighted by Crippen LogP contribution is 2.31. The molecule has 0 unspecified atom stereocenters. The number of fused-ring (bicyclic) bond motifs is 1. The molecule has 13 nitrogen and oxygen atoms in total. The maximum absolute atomic E-state index is 13.3. The van der Waals surface area contributed by atoms with Gasteiger partial charge in [0.05, 0.1) is 48.5 Å². The standard InChI is InChI=1S/C25H31N7O6S/c1-31-7-9-32(10-8-31)39(34,35)15-5-6-20(36-2)16(11-15)25(33)30-19(14-26)23(27)24-28-17-12-21(37-3)22(38-4)13-18(17)29-24/h5-6,11-14,27H,7-10,26H2,1-4H3,(H,28,29)(H,30,33)/b19-14+,27-23?. The molecule has 208 valence electrons. The van der Waals surface area contributed by atoms with Crippen molar-refractivity contribution >= 4 is 32.7 Å². The van der Waals surface area contributed by atoms with Crippen molar-refractivity contribution in [3.63, 3.8) is 0 Å². The van der Waals surface area contributed by atoms with E-state index in [0.29, 0.717) is 48.7 Å². The molecule has 1 fully saturated rings. The molecular weight excluding hydrogens is 526 g/mol. The van der Waals surface area contributed by atoms with Gasteiger partial charge in [0.25, 0.3) is 5.91 Å². The third-order valence-electron chi connectivity index (χ3n) is 6.42. The summed E-state index contributed by atoms with van der Waals surface area (Å²) in [7, 11) is 2.48. The van der Waals surface area contributed by atoms with E-state index in [1.807, 2.05) is 11.9 Å². The zero-order valence-electron chi connectivity index (χ0n) is 22.1. The molecular formula is C25H31N7O6S. The van der Waals surface area contributed by atoms with Crippen LogP contribution < -0.4 is 25.3 Å². The summed E-state index contributed by atoms with van der Waals surface area (Å²) in [5, 5.41) is 11.2. The van der Waals surface area contributed by atoms with E-state index in [0.717, 1.165) is 6.20 Å². The first-order valence-electron chi connectivity index (χ1n) is 11.9. The highest BCUT2D eigenvalue weighted by atomic mass is 32.2. The lowest BCUT2D eigenvalue weighted by Crippen LogP contribution is -2.47. The SMILES string of the molecule is COc1cc2nc(C(=N)/C(=C\N)NC(=O)c3cc(S(=O)(=O)N4CCN(C)CC4)ccc3OC)[nH]c2cc1OC. The number of nitrogens with one attached hydrogen (secondary N) is 3. The summed E-state index contributed by atoms with van der Waals surface area (Å²) in [4.78, 5) is 22.7. The molecule has 0 aliphatic carbocycles. The van der Waals surface area contributed by atoms with E-state index >= 15 is 0 Å². The van der Waals surface area contributed by atoms with E-state index in [-0.39, 0.29) is 33.4 Å². The smallest absolute Gasteiger partial charge is 0.259 e. The van der Waals surface area contributed by atoms with Crippen molar-refractivity contribution in [1.29, 1.82) is 5.41 Å². The first kappa shape index (κ1) is 27.9. The molecule has 1 aromatic heterocycles. The fraction of sp³-hybridized carbons (Fsp3) is 0.320. The minimum Gasteiger partial charge on any atom is -0.496 e. The molecule has 0 bridgehead atoms. The van der Waals surface area contributed by atoms with E-state index < -0.39 is 15.9 Å². The number of nitrogens with zero attached hydrogens (tertiary/aromatic N) is 3. The van der Waals surface area contributed by atoms with E-state index in [2.05, 4.69) is 15.3 Å². The number of imidazole rings is 1. The Morgan fingerprint density at radius 3 is 2.31 bits per heavy atom. The van der Waals surface area contributed by atoms with Gasteiger partial charge in [-0.15, -0.1) is 0 Å². The van der Waals surface area contributed by atoms with Gasteiger partial charge in [-0.2, -0.15) is 4.31 Å². The van der Waals surface area contributed by atoms with Crippen molar-refractivity contribution in [2.24, 2.45) is 5.73 Å². The van der Waals surface area contributed by atoms with Crippen molar-refractivity contribution in [2.75, 3.05) is 54.6 Å². The molecule has 3 aromatic rings. The molecule has 1 amide bonds. The zero-order valence-corrected chi connectivity index (χ0v) is 22.9. The van der Waals surface area contributed by atoms with Crippen LogP contribution in [0.15, 0.2) is 47.1 Å². The quantitative estimate of drug-likeness (QED) is 0.281. The van der Waals surface area contributed by atoms with Crippen LogP contribution in [0.5, 0.6) is 17.2 Å². The van der Waals surface area contributed by atoms with Crippen molar-refractivity contribution in [3.05, 3.63) is 53.6 Å². The summed E-state index contributed by atoms with van der Waals surface area (Å²) in [6, 6.07) is 7.43. The maximum atomic E-state index is 13.3. The lowest BCUT2D eigenvalue weighted by atomic mass is 10.1. The highest BCUT2D eigenvalue weighted by Gasteiger charge is 2.29. The van der Waals surface area contributed by atoms with Gasteiger partial charge >= 0.3 is 0 Å². The number of benzene rings is 2. The van der Waals surface area contributed by atoms with Crippen LogP contribution in [0, 0.1) is 5.41 Å². The number of nitrogens with two attached hydrogens (primary N) is 1. The third kappa shape index (κ3) is 5.53. The third-order valence-corrected chi connectivity index (χ3v) is 8.32. The van der Waals surface area contributed by atoms with Crippen LogP contribution in [0.4, 0.5) is 0 Å². The number of aromatic nitrogens is 2. The average molecular weight is 558 g/mol. The number of likely N-dealkylation sites (N-methyl/N-ethyl adjacent to an activating group) is 1. The number of methoxy groups -OCH3 is 3. The summed E-state index contributed by atoms with van der Waals surface area (Å²) in [5.74, 6) is 0.540. The van der Waals surface area contributed by atoms with Crippen LogP contribution >= 0.6 is 0 Å². The number of ether oxygens (including phenoxy) is 3. The first-order chi connectivity index (χ1) is 18.6. The largest absolute Gasteiger partial charge is 0.496 e. The fourth-order valence-electron chi connectivity index (χ4n) is 4.16. The van der Waals surface area contributed by atoms with Crippen LogP contribution in [0.1, 0.15) is 16.2 Å². The second kappa shape index (κ2) is 11.3. The number of piperazine rings is 1. The Labute approximate surface area is 226 Å². The van der Waals surface area contributed by atoms with Crippen molar-refractivity contribution in [1.82, 2.24) is 24.5 Å². The Balaban J connectivity index is 1.60. The summed E-state index contributed by atoms with van der Waals surface area (Å²) < 4.78 is 43.8. The summed E-state index contributed by atoms with van der Waals surface area (Å²) >= 11 is 0. The number of H-pyrrole nitrogens is 1. The molecule has 4 rings (SSSR count). The predicted octanol–water partition coefficient (Wildman–Crippen LogP) is 1.12. The minimum atomic E-state index is -3.83. The molecule has 0 atom stereocenters. The molecule has 1 saturated heterocycles. The monoisotopic (exact) mass is 557 g/mol. The van der Waals surface area contributed by atoms with Gasteiger partial charge in [-0.1, -0.05) is 0 Å². The molecule has 0 radical (unpaired) electrons. The summed E-state index contributed by atoms with van der Waals surface area (Å²) in [6.45, 7) is 1.91. The number of hydrogen-bond donors (Lipinski definition) is 4. The van der Waals surface area contributed by atoms with Gasteiger partial charge in [0, 0.05) is 44.5 Å². The van der Waals surface area contributed by atoms with Gasteiger partial charge in [0.1, 0.15) is 11.5 Å². The number of allylic oxidation sites excluding steroid dienone is 1. The summed E-state index contributed by atoms with van der Waals surface area (Å²) in [5.41, 5.74) is 6.59. The van der Waals surface area contributed by atoms with Gasteiger partial charge in [0.15, 0.2) is 17.3 Å². The molecule has 2 heterocycles. The maximum Gasteiger partial charge on any atom is 0.259 e. The van der Waals surface area contributed by atoms with Crippen LogP contribution in [0.2, 0.25) is 0 Å². The van der Waals surface area contributed by atoms with Crippen molar-refractivity contribution in [3.8, 4) is 17.2 Å². The fourth-order valence-corrected chi connectivity index (χ4v) is 5.61. The Hall–Kier alpha value is -4.14. The Morgan fingerprint density at radius 2 is 1.69 bits per heavy atom. The van der Waals surface area contributed by atoms with Crippen LogP contribution in [-0.2, 0) is 10.0 Å². The number of amides is 1. The lowest BCUT2D eigenvalue weighted by molar-refractivity contribution is 0.0964. The molecule has 1 aliphatic heterocycles. The number of aromatic amines is 1. The Morgan fingerprint density at radius 1 is 1.05 bits per heavy atom. The summed E-state index contributed by atoms with van der Waals surface area (Å²) in [6.07, 6.45) is 1.06. The van der Waals surface area contributed by atoms with E-state index in [1.54, 1.807) is 12.1 Å². The molecule has 2 aromatic carbocycles. The average Bonchev–Trinajstić information content (AvgIpc) is 3.37. The molecule has 14 heteroatoms. The second-order valence-electron chi connectivity index (χ2n) is 8.79. The normalized spacial score (nSPS) is 15.2. The number of rotatable bonds is 9. The van der Waals surface area contributed by atoms with Crippen LogP contribution in [0.25, 0.3) is 11.0 Å². The molecule has 1 aliphatic rings.